The number of halogens is 4. The predicted octanol–water partition coefficient (Wildman–Crippen LogP) is 5.27. The Kier molecular flexibility index (Phi) is 11.2. The Labute approximate surface area is 139 Å². The van der Waals surface area contributed by atoms with Gasteiger partial charge in [0.05, 0.1) is 12.8 Å². The highest BCUT2D eigenvalue weighted by Crippen LogP contribution is 2.44. The Hall–Kier alpha value is 0.340. The lowest BCUT2D eigenvalue weighted by atomic mass is 10.1. The van der Waals surface area contributed by atoms with E-state index >= 15 is 0 Å². The first-order valence-corrected chi connectivity index (χ1v) is 9.55. The monoisotopic (exact) mass is 366 g/mol. The van der Waals surface area contributed by atoms with Crippen LogP contribution in [0.1, 0.15) is 40.5 Å². The minimum atomic E-state index is -4.13. The van der Waals surface area contributed by atoms with Gasteiger partial charge in [-0.15, -0.1) is 23.5 Å². The van der Waals surface area contributed by atoms with Gasteiger partial charge in [0.1, 0.15) is 10.9 Å². The predicted molar refractivity (Wildman–Crippen MR) is 86.2 cm³/mol. The van der Waals surface area contributed by atoms with Crippen LogP contribution in [-0.4, -0.2) is 47.4 Å². The van der Waals surface area contributed by atoms with Gasteiger partial charge >= 0.3 is 11.8 Å². The molecule has 0 aromatic heterocycles. The van der Waals surface area contributed by atoms with E-state index in [1.165, 1.54) is 0 Å². The second-order valence-corrected chi connectivity index (χ2v) is 7.37. The third-order valence-corrected chi connectivity index (χ3v) is 4.81. The van der Waals surface area contributed by atoms with Crippen LogP contribution in [0.2, 0.25) is 0 Å². The van der Waals surface area contributed by atoms with Crippen LogP contribution in [0.5, 0.6) is 0 Å². The van der Waals surface area contributed by atoms with Gasteiger partial charge in [0.2, 0.25) is 0 Å². The SMILES string of the molecule is CCOC(CC(F)(F)C(F)(F)CC(OCC)SCC)SCC. The van der Waals surface area contributed by atoms with E-state index in [0.29, 0.717) is 11.5 Å². The van der Waals surface area contributed by atoms with Crippen molar-refractivity contribution in [1.29, 1.82) is 0 Å². The van der Waals surface area contributed by atoms with Gasteiger partial charge in [-0.2, -0.15) is 17.6 Å². The number of hydrogen-bond donors (Lipinski definition) is 0. The van der Waals surface area contributed by atoms with Crippen LogP contribution in [0.3, 0.4) is 0 Å². The molecule has 0 saturated heterocycles. The van der Waals surface area contributed by atoms with E-state index in [2.05, 4.69) is 0 Å². The summed E-state index contributed by atoms with van der Waals surface area (Å²) in [5.74, 6) is -7.20. The summed E-state index contributed by atoms with van der Waals surface area (Å²) in [5.41, 5.74) is -1.86. The van der Waals surface area contributed by atoms with Gasteiger partial charge in [-0.3, -0.25) is 0 Å². The molecule has 0 aromatic carbocycles. The van der Waals surface area contributed by atoms with Gasteiger partial charge in [0, 0.05) is 13.2 Å². The van der Waals surface area contributed by atoms with E-state index < -0.39 is 35.6 Å². The maximum absolute atomic E-state index is 14.0. The van der Waals surface area contributed by atoms with Crippen molar-refractivity contribution in [3.05, 3.63) is 0 Å². The third kappa shape index (κ3) is 7.75. The van der Waals surface area contributed by atoms with Crippen molar-refractivity contribution >= 4 is 23.5 Å². The van der Waals surface area contributed by atoms with Crippen molar-refractivity contribution < 1.29 is 27.0 Å². The molecule has 0 aliphatic heterocycles. The van der Waals surface area contributed by atoms with Gasteiger partial charge in [-0.25, -0.2) is 0 Å². The summed E-state index contributed by atoms with van der Waals surface area (Å²) >= 11 is 2.22. The number of alkyl halides is 4. The van der Waals surface area contributed by atoms with Crippen LogP contribution in [0.4, 0.5) is 17.6 Å². The molecule has 0 N–H and O–H groups in total. The smallest absolute Gasteiger partial charge is 0.313 e. The maximum atomic E-state index is 14.0. The van der Waals surface area contributed by atoms with Gasteiger partial charge in [0.25, 0.3) is 0 Å². The first-order chi connectivity index (χ1) is 10.2. The number of rotatable bonds is 13. The van der Waals surface area contributed by atoms with E-state index in [1.807, 2.05) is 0 Å². The second-order valence-electron chi connectivity index (χ2n) is 4.50. The molecule has 0 aliphatic carbocycles. The zero-order valence-corrected chi connectivity index (χ0v) is 15.2. The molecule has 134 valence electrons. The van der Waals surface area contributed by atoms with E-state index in [1.54, 1.807) is 27.7 Å². The summed E-state index contributed by atoms with van der Waals surface area (Å²) in [4.78, 5) is 0. The van der Waals surface area contributed by atoms with Crippen molar-refractivity contribution in [3.8, 4) is 0 Å². The normalized spacial score (nSPS) is 15.8. The molecule has 0 fully saturated rings. The zero-order valence-electron chi connectivity index (χ0n) is 13.5. The number of ether oxygens (including phenoxy) is 2. The standard InChI is InChI=1S/C14H26F4O2S2/c1-5-19-11(21-7-3)9-13(15,16)14(17,18)10-12(20-6-2)22-8-4/h11-12H,5-10H2,1-4H3. The summed E-state index contributed by atoms with van der Waals surface area (Å²) < 4.78 is 66.4. The molecule has 2 nitrogen and oxygen atoms in total. The van der Waals surface area contributed by atoms with Crippen LogP contribution >= 0.6 is 23.5 Å². The Bertz CT molecular complexity index is 254. The average molecular weight is 366 g/mol. The molecule has 2 atom stereocenters. The molecule has 0 rings (SSSR count). The van der Waals surface area contributed by atoms with Gasteiger partial charge in [-0.1, -0.05) is 13.8 Å². The maximum Gasteiger partial charge on any atom is 0.313 e. The topological polar surface area (TPSA) is 18.5 Å². The first kappa shape index (κ1) is 22.3. The van der Waals surface area contributed by atoms with Crippen LogP contribution in [0.15, 0.2) is 0 Å². The van der Waals surface area contributed by atoms with Crippen LogP contribution in [0.25, 0.3) is 0 Å². The van der Waals surface area contributed by atoms with Crippen LogP contribution in [0, 0.1) is 0 Å². The highest BCUT2D eigenvalue weighted by molar-refractivity contribution is 7.99. The molecule has 0 aliphatic rings. The molecular formula is C14H26F4O2S2. The second kappa shape index (κ2) is 11.0. The minimum absolute atomic E-state index is 0.215. The Morgan fingerprint density at radius 2 is 1.05 bits per heavy atom. The average Bonchev–Trinajstić information content (AvgIpc) is 2.38. The molecule has 2 unspecified atom stereocenters. The Morgan fingerprint density at radius 3 is 1.27 bits per heavy atom. The third-order valence-electron chi connectivity index (χ3n) is 2.79. The van der Waals surface area contributed by atoms with Gasteiger partial charge in [-0.05, 0) is 25.4 Å². The highest BCUT2D eigenvalue weighted by Gasteiger charge is 2.57. The first-order valence-electron chi connectivity index (χ1n) is 7.46. The molecule has 0 spiro atoms. The van der Waals surface area contributed by atoms with Crippen molar-refractivity contribution in [1.82, 2.24) is 0 Å². The largest absolute Gasteiger partial charge is 0.368 e. The summed E-state index contributed by atoms with van der Waals surface area (Å²) in [6.07, 6.45) is -2.00. The number of hydrogen-bond acceptors (Lipinski definition) is 4. The molecule has 0 aromatic rings. The lowest BCUT2D eigenvalue weighted by molar-refractivity contribution is -0.227. The minimum Gasteiger partial charge on any atom is -0.368 e. The van der Waals surface area contributed by atoms with E-state index in [4.69, 9.17) is 9.47 Å². The van der Waals surface area contributed by atoms with Crippen molar-refractivity contribution in [3.63, 3.8) is 0 Å². The van der Waals surface area contributed by atoms with Crippen molar-refractivity contribution in [2.75, 3.05) is 24.7 Å². The molecule has 0 bridgehead atoms. The molecule has 0 amide bonds. The summed E-state index contributed by atoms with van der Waals surface area (Å²) in [6.45, 7) is 7.29. The fourth-order valence-corrected chi connectivity index (χ4v) is 3.66. The zero-order chi connectivity index (χ0) is 17.2. The van der Waals surface area contributed by atoms with Crippen molar-refractivity contribution in [2.24, 2.45) is 0 Å². The van der Waals surface area contributed by atoms with Crippen LogP contribution < -0.4 is 0 Å². The number of thioether (sulfide) groups is 2. The molecule has 0 radical (unpaired) electrons. The quantitative estimate of drug-likeness (QED) is 0.326. The molecule has 0 heterocycles. The van der Waals surface area contributed by atoms with E-state index in [9.17, 15) is 17.6 Å². The Morgan fingerprint density at radius 1 is 0.727 bits per heavy atom. The van der Waals surface area contributed by atoms with Crippen LogP contribution in [-0.2, 0) is 9.47 Å². The summed E-state index contributed by atoms with van der Waals surface area (Å²) in [6, 6.07) is 0. The van der Waals surface area contributed by atoms with Gasteiger partial charge < -0.3 is 9.47 Å². The molecule has 22 heavy (non-hydrogen) atoms. The molecule has 0 saturated carbocycles. The van der Waals surface area contributed by atoms with Gasteiger partial charge in [0.15, 0.2) is 0 Å². The highest BCUT2D eigenvalue weighted by atomic mass is 32.2. The fourth-order valence-electron chi connectivity index (χ4n) is 1.79. The Balaban J connectivity index is 4.86. The molecule has 8 heteroatoms. The summed E-state index contributed by atoms with van der Waals surface area (Å²) in [5, 5.41) is 0. The lowest BCUT2D eigenvalue weighted by Crippen LogP contribution is -2.45. The van der Waals surface area contributed by atoms with E-state index in [-0.39, 0.29) is 13.2 Å². The lowest BCUT2D eigenvalue weighted by Gasteiger charge is -2.31. The summed E-state index contributed by atoms with van der Waals surface area (Å²) in [7, 11) is 0. The van der Waals surface area contributed by atoms with E-state index in [0.717, 1.165) is 23.5 Å². The molecular weight excluding hydrogens is 340 g/mol. The van der Waals surface area contributed by atoms with Crippen molar-refractivity contribution in [2.45, 2.75) is 63.3 Å². The fraction of sp³-hybridized carbons (Fsp3) is 1.00.